The van der Waals surface area contributed by atoms with Gasteiger partial charge in [-0.15, -0.1) is 0 Å². The summed E-state index contributed by atoms with van der Waals surface area (Å²) in [6.45, 7) is 3.61. The van der Waals surface area contributed by atoms with Gasteiger partial charge in [0.1, 0.15) is 0 Å². The van der Waals surface area contributed by atoms with Gasteiger partial charge in [0.2, 0.25) is 0 Å². The molecule has 1 atom stereocenters. The Morgan fingerprint density at radius 1 is 1.53 bits per heavy atom. The number of pyridine rings is 1. The van der Waals surface area contributed by atoms with E-state index in [1.165, 1.54) is 0 Å². The molecule has 1 aromatic heterocycles. The van der Waals surface area contributed by atoms with Gasteiger partial charge in [-0.3, -0.25) is 4.98 Å². The molecule has 2 heterocycles. The Morgan fingerprint density at radius 3 is 3.00 bits per heavy atom. The number of rotatable bonds is 6. The van der Waals surface area contributed by atoms with Crippen LogP contribution >= 0.6 is 0 Å². The molecule has 0 bridgehead atoms. The molecular formula is C14H22F2N2O. The van der Waals surface area contributed by atoms with Gasteiger partial charge >= 0.3 is 0 Å². The van der Waals surface area contributed by atoms with Crippen LogP contribution in [-0.4, -0.2) is 31.2 Å². The molecule has 0 radical (unpaired) electrons. The van der Waals surface area contributed by atoms with Crippen LogP contribution in [0.1, 0.15) is 37.6 Å². The normalized spacial score (nSPS) is 19.3. The molecule has 1 saturated heterocycles. The topological polar surface area (TPSA) is 34.1 Å². The van der Waals surface area contributed by atoms with Crippen molar-refractivity contribution in [3.05, 3.63) is 29.1 Å². The molecule has 1 N–H and O–H groups in total. The van der Waals surface area contributed by atoms with Gasteiger partial charge < -0.3 is 10.1 Å². The SMILES string of the molecule is CCc1ccc(C2CCOC2)c(CNCC(F)F)n1.[HH]. The minimum atomic E-state index is -2.33. The molecular weight excluding hydrogens is 250 g/mol. The predicted octanol–water partition coefficient (Wildman–Crippen LogP) is 2.75. The molecule has 1 fully saturated rings. The molecule has 0 saturated carbocycles. The number of nitrogens with zero attached hydrogens (tertiary/aromatic N) is 1. The number of halogens is 2. The van der Waals surface area contributed by atoms with Gasteiger partial charge in [0, 0.05) is 26.2 Å². The molecule has 1 aromatic rings. The minimum Gasteiger partial charge on any atom is -0.381 e. The maximum absolute atomic E-state index is 12.2. The van der Waals surface area contributed by atoms with E-state index >= 15 is 0 Å². The lowest BCUT2D eigenvalue weighted by molar-refractivity contribution is 0.145. The first-order valence-corrected chi connectivity index (χ1v) is 6.76. The smallest absolute Gasteiger partial charge is 0.250 e. The summed E-state index contributed by atoms with van der Waals surface area (Å²) in [5, 5.41) is 2.76. The lowest BCUT2D eigenvalue weighted by atomic mass is 9.96. The third-order valence-corrected chi connectivity index (χ3v) is 3.39. The molecule has 0 aliphatic carbocycles. The van der Waals surface area contributed by atoms with E-state index in [0.29, 0.717) is 19.1 Å². The maximum atomic E-state index is 12.2. The third-order valence-electron chi connectivity index (χ3n) is 3.39. The molecule has 2 rings (SSSR count). The van der Waals surface area contributed by atoms with Gasteiger partial charge in [0.25, 0.3) is 6.43 Å². The Morgan fingerprint density at radius 2 is 2.37 bits per heavy atom. The zero-order chi connectivity index (χ0) is 13.7. The van der Waals surface area contributed by atoms with Gasteiger partial charge in [0.05, 0.1) is 18.8 Å². The monoisotopic (exact) mass is 272 g/mol. The number of ether oxygens (including phenoxy) is 1. The second kappa shape index (κ2) is 6.91. The molecule has 108 valence electrons. The van der Waals surface area contributed by atoms with Gasteiger partial charge in [-0.05, 0) is 24.5 Å². The first-order chi connectivity index (χ1) is 9.20. The van der Waals surface area contributed by atoms with E-state index in [9.17, 15) is 8.78 Å². The van der Waals surface area contributed by atoms with Crippen LogP contribution in [0.3, 0.4) is 0 Å². The highest BCUT2D eigenvalue weighted by atomic mass is 19.3. The first-order valence-electron chi connectivity index (χ1n) is 6.76. The maximum Gasteiger partial charge on any atom is 0.250 e. The Hall–Kier alpha value is -1.07. The van der Waals surface area contributed by atoms with Crippen molar-refractivity contribution in [3.8, 4) is 0 Å². The van der Waals surface area contributed by atoms with Crippen LogP contribution in [0, 0.1) is 0 Å². The molecule has 5 heteroatoms. The second-order valence-electron chi connectivity index (χ2n) is 4.77. The lowest BCUT2D eigenvalue weighted by Crippen LogP contribution is -2.23. The van der Waals surface area contributed by atoms with Crippen molar-refractivity contribution in [2.45, 2.75) is 38.7 Å². The van der Waals surface area contributed by atoms with Crippen LogP contribution in [0.15, 0.2) is 12.1 Å². The van der Waals surface area contributed by atoms with E-state index in [4.69, 9.17) is 4.74 Å². The Bertz CT molecular complexity index is 412. The highest BCUT2D eigenvalue weighted by Crippen LogP contribution is 2.27. The molecule has 1 unspecified atom stereocenters. The van der Waals surface area contributed by atoms with Crippen molar-refractivity contribution in [2.24, 2.45) is 0 Å². The van der Waals surface area contributed by atoms with Crippen LogP contribution in [0.5, 0.6) is 0 Å². The highest BCUT2D eigenvalue weighted by molar-refractivity contribution is 5.27. The van der Waals surface area contributed by atoms with Gasteiger partial charge in [-0.1, -0.05) is 13.0 Å². The molecule has 19 heavy (non-hydrogen) atoms. The van der Waals surface area contributed by atoms with Crippen molar-refractivity contribution in [3.63, 3.8) is 0 Å². The summed E-state index contributed by atoms with van der Waals surface area (Å²) >= 11 is 0. The third kappa shape index (κ3) is 3.94. The number of aryl methyl sites for hydroxylation is 1. The van der Waals surface area contributed by atoms with E-state index < -0.39 is 6.43 Å². The zero-order valence-corrected chi connectivity index (χ0v) is 11.2. The summed E-state index contributed by atoms with van der Waals surface area (Å²) in [6.07, 6.45) is -0.495. The van der Waals surface area contributed by atoms with Gasteiger partial charge in [0.15, 0.2) is 0 Å². The number of hydrogen-bond donors (Lipinski definition) is 1. The fraction of sp³-hybridized carbons (Fsp3) is 0.643. The predicted molar refractivity (Wildman–Crippen MR) is 71.6 cm³/mol. The Balaban J connectivity index is 0.00000200. The van der Waals surface area contributed by atoms with Crippen molar-refractivity contribution in [2.75, 3.05) is 19.8 Å². The largest absolute Gasteiger partial charge is 0.381 e. The fourth-order valence-corrected chi connectivity index (χ4v) is 2.35. The Kier molecular flexibility index (Phi) is 5.22. The number of hydrogen-bond acceptors (Lipinski definition) is 3. The summed E-state index contributed by atoms with van der Waals surface area (Å²) in [5.74, 6) is 0.349. The Labute approximate surface area is 113 Å². The van der Waals surface area contributed by atoms with Crippen LogP contribution < -0.4 is 5.32 Å². The zero-order valence-electron chi connectivity index (χ0n) is 11.2. The lowest BCUT2D eigenvalue weighted by Gasteiger charge is -2.15. The number of aromatic nitrogens is 1. The van der Waals surface area contributed by atoms with Gasteiger partial charge in [-0.25, -0.2) is 8.78 Å². The summed E-state index contributed by atoms with van der Waals surface area (Å²) in [4.78, 5) is 4.57. The van der Waals surface area contributed by atoms with Crippen LogP contribution in [-0.2, 0) is 17.7 Å². The van der Waals surface area contributed by atoms with E-state index in [0.717, 1.165) is 36.4 Å². The molecule has 1 aliphatic heterocycles. The van der Waals surface area contributed by atoms with Crippen molar-refractivity contribution in [1.29, 1.82) is 0 Å². The molecule has 0 spiro atoms. The van der Waals surface area contributed by atoms with Gasteiger partial charge in [-0.2, -0.15) is 0 Å². The van der Waals surface area contributed by atoms with Crippen LogP contribution in [0.4, 0.5) is 8.78 Å². The molecule has 3 nitrogen and oxygen atoms in total. The number of alkyl halides is 2. The fourth-order valence-electron chi connectivity index (χ4n) is 2.35. The summed E-state index contributed by atoms with van der Waals surface area (Å²) in [7, 11) is 0. The van der Waals surface area contributed by atoms with Crippen molar-refractivity contribution in [1.82, 2.24) is 10.3 Å². The van der Waals surface area contributed by atoms with Crippen molar-refractivity contribution >= 4 is 0 Å². The molecule has 0 aromatic carbocycles. The van der Waals surface area contributed by atoms with Crippen LogP contribution in [0.25, 0.3) is 0 Å². The first kappa shape index (κ1) is 14.3. The van der Waals surface area contributed by atoms with E-state index in [2.05, 4.69) is 16.4 Å². The number of nitrogens with one attached hydrogen (secondary N) is 1. The van der Waals surface area contributed by atoms with E-state index in [1.807, 2.05) is 13.0 Å². The van der Waals surface area contributed by atoms with Crippen molar-refractivity contribution < 1.29 is 14.9 Å². The average molecular weight is 272 g/mol. The molecule has 0 amide bonds. The minimum absolute atomic E-state index is 0. The summed E-state index contributed by atoms with van der Waals surface area (Å²) in [5.41, 5.74) is 3.02. The van der Waals surface area contributed by atoms with Crippen LogP contribution in [0.2, 0.25) is 0 Å². The standard InChI is InChI=1S/C14H20F2N2O.H2/c1-2-11-3-4-12(10-5-6-19-9-10)13(18-11)7-17-8-14(15)16;/h3-4,10,14,17H,2,5-9H2,1H3;1H. The quantitative estimate of drug-likeness (QED) is 0.864. The summed E-state index contributed by atoms with van der Waals surface area (Å²) < 4.78 is 29.8. The average Bonchev–Trinajstić information content (AvgIpc) is 2.92. The second-order valence-corrected chi connectivity index (χ2v) is 4.77. The highest BCUT2D eigenvalue weighted by Gasteiger charge is 2.21. The molecule has 1 aliphatic rings. The van der Waals surface area contributed by atoms with E-state index in [1.54, 1.807) is 0 Å². The van der Waals surface area contributed by atoms with E-state index in [-0.39, 0.29) is 7.97 Å². The summed E-state index contributed by atoms with van der Waals surface area (Å²) in [6, 6.07) is 4.09.